The second-order valence-corrected chi connectivity index (χ2v) is 5.72. The van der Waals surface area contributed by atoms with E-state index in [2.05, 4.69) is 5.32 Å². The molecule has 1 fully saturated rings. The molecule has 0 bridgehead atoms. The number of carbonyl (C=O) groups excluding carboxylic acids is 2. The number of methoxy groups -OCH3 is 2. The highest BCUT2D eigenvalue weighted by Crippen LogP contribution is 2.28. The van der Waals surface area contributed by atoms with Gasteiger partial charge >= 0.3 is 0 Å². The molecule has 0 unspecified atom stereocenters. The average Bonchev–Trinajstić information content (AvgIpc) is 3.07. The van der Waals surface area contributed by atoms with Crippen molar-refractivity contribution in [2.24, 2.45) is 0 Å². The van der Waals surface area contributed by atoms with Crippen LogP contribution in [0.1, 0.15) is 23.2 Å². The first kappa shape index (κ1) is 16.8. The van der Waals surface area contributed by atoms with E-state index in [0.717, 1.165) is 12.1 Å². The summed E-state index contributed by atoms with van der Waals surface area (Å²) in [5, 5.41) is 2.85. The molecule has 130 valence electrons. The number of nitrogens with zero attached hydrogens (tertiary/aromatic N) is 1. The predicted molar refractivity (Wildman–Crippen MR) is 95.5 cm³/mol. The van der Waals surface area contributed by atoms with E-state index in [1.807, 2.05) is 18.2 Å². The minimum atomic E-state index is -0.258. The maximum Gasteiger partial charge on any atom is 0.255 e. The van der Waals surface area contributed by atoms with Crippen molar-refractivity contribution in [1.29, 1.82) is 0 Å². The van der Waals surface area contributed by atoms with Crippen molar-refractivity contribution in [2.75, 3.05) is 31.0 Å². The Morgan fingerprint density at radius 1 is 1.08 bits per heavy atom. The number of rotatable bonds is 5. The summed E-state index contributed by atoms with van der Waals surface area (Å²) < 4.78 is 10.4. The van der Waals surface area contributed by atoms with Crippen LogP contribution in [0.4, 0.5) is 11.4 Å². The number of amides is 2. The van der Waals surface area contributed by atoms with Crippen molar-refractivity contribution in [3.8, 4) is 11.5 Å². The molecule has 1 heterocycles. The third kappa shape index (κ3) is 3.57. The van der Waals surface area contributed by atoms with Gasteiger partial charge in [-0.15, -0.1) is 0 Å². The number of carbonyl (C=O) groups is 2. The fourth-order valence-corrected chi connectivity index (χ4v) is 2.85. The van der Waals surface area contributed by atoms with E-state index in [1.165, 1.54) is 7.11 Å². The molecule has 6 nitrogen and oxygen atoms in total. The van der Waals surface area contributed by atoms with E-state index in [9.17, 15) is 9.59 Å². The van der Waals surface area contributed by atoms with Gasteiger partial charge in [-0.05, 0) is 42.8 Å². The summed E-state index contributed by atoms with van der Waals surface area (Å²) in [6, 6.07) is 12.3. The Kier molecular flexibility index (Phi) is 4.88. The van der Waals surface area contributed by atoms with Gasteiger partial charge in [-0.25, -0.2) is 0 Å². The first-order chi connectivity index (χ1) is 12.1. The van der Waals surface area contributed by atoms with Crippen LogP contribution >= 0.6 is 0 Å². The molecule has 0 saturated carbocycles. The Morgan fingerprint density at radius 2 is 1.88 bits per heavy atom. The zero-order valence-corrected chi connectivity index (χ0v) is 14.2. The summed E-state index contributed by atoms with van der Waals surface area (Å²) in [4.78, 5) is 26.1. The minimum absolute atomic E-state index is 0.114. The Morgan fingerprint density at radius 3 is 2.56 bits per heavy atom. The lowest BCUT2D eigenvalue weighted by Gasteiger charge is -2.17. The van der Waals surface area contributed by atoms with E-state index in [-0.39, 0.29) is 11.8 Å². The highest BCUT2D eigenvalue weighted by Gasteiger charge is 2.22. The highest BCUT2D eigenvalue weighted by molar-refractivity contribution is 6.05. The summed E-state index contributed by atoms with van der Waals surface area (Å²) in [7, 11) is 3.07. The summed E-state index contributed by atoms with van der Waals surface area (Å²) in [5.74, 6) is 0.911. The third-order valence-electron chi connectivity index (χ3n) is 4.13. The monoisotopic (exact) mass is 340 g/mol. The number of ether oxygens (including phenoxy) is 2. The summed E-state index contributed by atoms with van der Waals surface area (Å²) in [6.07, 6.45) is 1.43. The van der Waals surface area contributed by atoms with Crippen molar-refractivity contribution < 1.29 is 19.1 Å². The summed E-state index contributed by atoms with van der Waals surface area (Å²) in [6.45, 7) is 0.714. The van der Waals surface area contributed by atoms with Gasteiger partial charge in [-0.1, -0.05) is 6.07 Å². The van der Waals surface area contributed by atoms with Crippen LogP contribution in [0.25, 0.3) is 0 Å². The molecule has 1 N–H and O–H groups in total. The van der Waals surface area contributed by atoms with Crippen molar-refractivity contribution in [2.45, 2.75) is 12.8 Å². The molecule has 3 rings (SSSR count). The Bertz CT molecular complexity index is 804. The molecule has 0 radical (unpaired) electrons. The van der Waals surface area contributed by atoms with Gasteiger partial charge in [0.25, 0.3) is 5.91 Å². The molecule has 1 aliphatic rings. The van der Waals surface area contributed by atoms with Gasteiger partial charge in [-0.3, -0.25) is 9.59 Å². The smallest absolute Gasteiger partial charge is 0.255 e. The van der Waals surface area contributed by atoms with E-state index >= 15 is 0 Å². The Hall–Kier alpha value is -3.02. The Labute approximate surface area is 146 Å². The molecular formula is C19H20N2O4. The van der Waals surface area contributed by atoms with E-state index in [0.29, 0.717) is 35.7 Å². The summed E-state index contributed by atoms with van der Waals surface area (Å²) in [5.41, 5.74) is 1.89. The molecule has 0 aliphatic carbocycles. The minimum Gasteiger partial charge on any atom is -0.493 e. The lowest BCUT2D eigenvalue weighted by atomic mass is 10.1. The highest BCUT2D eigenvalue weighted by atomic mass is 16.5. The molecule has 2 aromatic rings. The average molecular weight is 340 g/mol. The zero-order valence-electron chi connectivity index (χ0n) is 14.2. The van der Waals surface area contributed by atoms with Crippen LogP contribution in [-0.2, 0) is 4.79 Å². The normalized spacial score (nSPS) is 13.7. The standard InChI is InChI=1S/C19H20N2O4/c1-24-16-9-8-13(11-17(16)25-2)19(23)20-14-5-3-6-15(12-14)21-10-4-7-18(21)22/h3,5-6,8-9,11-12H,4,7,10H2,1-2H3,(H,20,23). The van der Waals surface area contributed by atoms with Crippen LogP contribution in [0.3, 0.4) is 0 Å². The number of hydrogen-bond acceptors (Lipinski definition) is 4. The SMILES string of the molecule is COc1ccc(C(=O)Nc2cccc(N3CCCC3=O)c2)cc1OC. The van der Waals surface area contributed by atoms with E-state index in [4.69, 9.17) is 9.47 Å². The van der Waals surface area contributed by atoms with Gasteiger partial charge in [0.1, 0.15) is 0 Å². The van der Waals surface area contributed by atoms with Gasteiger partial charge in [-0.2, -0.15) is 0 Å². The summed E-state index contributed by atoms with van der Waals surface area (Å²) >= 11 is 0. The van der Waals surface area contributed by atoms with Crippen LogP contribution < -0.4 is 19.7 Å². The van der Waals surface area contributed by atoms with Crippen molar-refractivity contribution in [3.63, 3.8) is 0 Å². The second-order valence-electron chi connectivity index (χ2n) is 5.72. The van der Waals surface area contributed by atoms with Crippen molar-refractivity contribution in [1.82, 2.24) is 0 Å². The van der Waals surface area contributed by atoms with Crippen LogP contribution in [0, 0.1) is 0 Å². The molecule has 0 atom stereocenters. The first-order valence-electron chi connectivity index (χ1n) is 8.06. The first-order valence-corrected chi connectivity index (χ1v) is 8.06. The van der Waals surface area contributed by atoms with Crippen LogP contribution in [0.5, 0.6) is 11.5 Å². The lowest BCUT2D eigenvalue weighted by molar-refractivity contribution is -0.117. The van der Waals surface area contributed by atoms with E-state index < -0.39 is 0 Å². The van der Waals surface area contributed by atoms with Crippen LogP contribution in [-0.4, -0.2) is 32.6 Å². The maximum atomic E-state index is 12.5. The lowest BCUT2D eigenvalue weighted by Crippen LogP contribution is -2.23. The molecule has 2 amide bonds. The zero-order chi connectivity index (χ0) is 17.8. The molecule has 6 heteroatoms. The number of nitrogens with one attached hydrogen (secondary N) is 1. The predicted octanol–water partition coefficient (Wildman–Crippen LogP) is 3.08. The molecule has 0 spiro atoms. The topological polar surface area (TPSA) is 67.9 Å². The van der Waals surface area contributed by atoms with Crippen molar-refractivity contribution >= 4 is 23.2 Å². The third-order valence-corrected chi connectivity index (χ3v) is 4.13. The molecule has 1 saturated heterocycles. The van der Waals surface area contributed by atoms with Gasteiger partial charge in [0.2, 0.25) is 5.91 Å². The fourth-order valence-electron chi connectivity index (χ4n) is 2.85. The number of anilines is 2. The molecule has 2 aromatic carbocycles. The van der Waals surface area contributed by atoms with Gasteiger partial charge in [0, 0.05) is 29.9 Å². The quantitative estimate of drug-likeness (QED) is 0.908. The van der Waals surface area contributed by atoms with E-state index in [1.54, 1.807) is 36.3 Å². The number of benzene rings is 2. The largest absolute Gasteiger partial charge is 0.493 e. The molecule has 1 aliphatic heterocycles. The molecule has 25 heavy (non-hydrogen) atoms. The molecular weight excluding hydrogens is 320 g/mol. The Balaban J connectivity index is 1.78. The van der Waals surface area contributed by atoms with Gasteiger partial charge < -0.3 is 19.7 Å². The molecule has 0 aromatic heterocycles. The fraction of sp³-hybridized carbons (Fsp3) is 0.263. The van der Waals surface area contributed by atoms with Gasteiger partial charge in [0.15, 0.2) is 11.5 Å². The van der Waals surface area contributed by atoms with Crippen LogP contribution in [0.15, 0.2) is 42.5 Å². The maximum absolute atomic E-state index is 12.5. The van der Waals surface area contributed by atoms with Crippen molar-refractivity contribution in [3.05, 3.63) is 48.0 Å². The number of hydrogen-bond donors (Lipinski definition) is 1. The van der Waals surface area contributed by atoms with Gasteiger partial charge in [0.05, 0.1) is 14.2 Å². The second kappa shape index (κ2) is 7.25. The van der Waals surface area contributed by atoms with Crippen LogP contribution in [0.2, 0.25) is 0 Å².